The summed E-state index contributed by atoms with van der Waals surface area (Å²) in [6, 6.07) is 15.7. The largest absolute Gasteiger partial charge is 0.386 e. The average molecular weight is 469 g/mol. The third-order valence-electron chi connectivity index (χ3n) is 7.88. The van der Waals surface area contributed by atoms with Gasteiger partial charge in [0, 0.05) is 30.0 Å². The molecule has 0 spiro atoms. The maximum absolute atomic E-state index is 10.8. The van der Waals surface area contributed by atoms with Gasteiger partial charge in [0.25, 0.3) is 0 Å². The van der Waals surface area contributed by atoms with Gasteiger partial charge in [-0.05, 0) is 107 Å². The van der Waals surface area contributed by atoms with Crippen LogP contribution in [0.15, 0.2) is 48.8 Å². The van der Waals surface area contributed by atoms with Crippen molar-refractivity contribution in [3.05, 3.63) is 76.6 Å². The second-order valence-electron chi connectivity index (χ2n) is 11.0. The van der Waals surface area contributed by atoms with Crippen LogP contribution in [-0.2, 0) is 18.4 Å². The third-order valence-corrected chi connectivity index (χ3v) is 7.88. The van der Waals surface area contributed by atoms with Crippen molar-refractivity contribution in [1.82, 2.24) is 14.9 Å². The summed E-state index contributed by atoms with van der Waals surface area (Å²) in [5, 5.41) is 23.8. The predicted octanol–water partition coefficient (Wildman–Crippen LogP) is 5.45. The first-order valence-electron chi connectivity index (χ1n) is 12.9. The fourth-order valence-electron chi connectivity index (χ4n) is 6.01. The number of nitrogens with one attached hydrogen (secondary N) is 1. The highest BCUT2D eigenvalue weighted by Gasteiger charge is 2.28. The molecule has 1 heterocycles. The SMILES string of the molecule is Cc1ccc(C(C)(C)O)c(-c2nccn2C2CCC(NC[C@H]3Cc4ccc(C#N)cc4C3)CC2)c1. The van der Waals surface area contributed by atoms with Gasteiger partial charge < -0.3 is 15.0 Å². The summed E-state index contributed by atoms with van der Waals surface area (Å²) < 4.78 is 2.33. The number of imidazole rings is 1. The van der Waals surface area contributed by atoms with E-state index in [1.54, 1.807) is 0 Å². The highest BCUT2D eigenvalue weighted by atomic mass is 16.3. The third kappa shape index (κ3) is 5.05. The van der Waals surface area contributed by atoms with E-state index in [-0.39, 0.29) is 0 Å². The minimum Gasteiger partial charge on any atom is -0.386 e. The van der Waals surface area contributed by atoms with Gasteiger partial charge >= 0.3 is 0 Å². The Bertz CT molecular complexity index is 1240. The van der Waals surface area contributed by atoms with Gasteiger partial charge in [0.15, 0.2) is 0 Å². The van der Waals surface area contributed by atoms with Crippen molar-refractivity contribution in [1.29, 1.82) is 5.26 Å². The van der Waals surface area contributed by atoms with Crippen LogP contribution < -0.4 is 5.32 Å². The van der Waals surface area contributed by atoms with Gasteiger partial charge in [0.1, 0.15) is 5.82 Å². The Morgan fingerprint density at radius 3 is 2.60 bits per heavy atom. The lowest BCUT2D eigenvalue weighted by Gasteiger charge is -2.32. The van der Waals surface area contributed by atoms with Crippen LogP contribution in [-0.4, -0.2) is 27.2 Å². The van der Waals surface area contributed by atoms with Gasteiger partial charge in [0.2, 0.25) is 0 Å². The van der Waals surface area contributed by atoms with Gasteiger partial charge in [0.05, 0.1) is 17.2 Å². The molecule has 0 saturated heterocycles. The van der Waals surface area contributed by atoms with Gasteiger partial charge in [-0.3, -0.25) is 0 Å². The minimum atomic E-state index is -0.919. The van der Waals surface area contributed by atoms with Crippen LogP contribution in [0.4, 0.5) is 0 Å². The van der Waals surface area contributed by atoms with E-state index in [0.717, 1.165) is 67.6 Å². The number of rotatable bonds is 6. The number of fused-ring (bicyclic) bond motifs is 1. The average Bonchev–Trinajstić information content (AvgIpc) is 3.48. The molecule has 0 aliphatic heterocycles. The number of benzene rings is 2. The van der Waals surface area contributed by atoms with Crippen LogP contribution in [0.3, 0.4) is 0 Å². The lowest BCUT2D eigenvalue weighted by Crippen LogP contribution is -2.37. The van der Waals surface area contributed by atoms with Crippen LogP contribution in [0.5, 0.6) is 0 Å². The molecule has 0 radical (unpaired) electrons. The molecule has 1 aromatic heterocycles. The Hall–Kier alpha value is -2.94. The van der Waals surface area contributed by atoms with Gasteiger partial charge in [-0.15, -0.1) is 0 Å². The lowest BCUT2D eigenvalue weighted by atomic mass is 9.89. The number of hydrogen-bond acceptors (Lipinski definition) is 4. The number of aliphatic hydroxyl groups is 1. The minimum absolute atomic E-state index is 0.431. The molecule has 1 saturated carbocycles. The van der Waals surface area contributed by atoms with Crippen LogP contribution in [0.25, 0.3) is 11.4 Å². The number of hydrogen-bond donors (Lipinski definition) is 2. The molecular formula is C30H36N4O. The number of nitrogens with zero attached hydrogens (tertiary/aromatic N) is 3. The Morgan fingerprint density at radius 1 is 1.09 bits per heavy atom. The standard InChI is InChI=1S/C30H36N4O/c1-20-4-11-28(30(2,3)35)27(14-20)29-32-12-13-34(29)26-9-7-25(8-10-26)33-19-22-16-23-6-5-21(18-31)15-24(23)17-22/h4-6,11-15,22,25-26,33,35H,7-10,16-17,19H2,1-3H3/t22-,25?,26?/m0/s1. The molecule has 3 aromatic rings. The number of aryl methyl sites for hydroxylation is 1. The molecule has 0 amide bonds. The molecule has 0 unspecified atom stereocenters. The van der Waals surface area contributed by atoms with Crippen molar-refractivity contribution in [3.63, 3.8) is 0 Å². The van der Waals surface area contributed by atoms with Gasteiger partial charge in [-0.2, -0.15) is 5.26 Å². The van der Waals surface area contributed by atoms with Crippen molar-refractivity contribution in [2.45, 2.75) is 77.0 Å². The summed E-state index contributed by atoms with van der Waals surface area (Å²) in [4.78, 5) is 4.73. The van der Waals surface area contributed by atoms with E-state index in [4.69, 9.17) is 10.2 Å². The quantitative estimate of drug-likeness (QED) is 0.505. The molecule has 2 aliphatic rings. The molecule has 182 valence electrons. The van der Waals surface area contributed by atoms with E-state index >= 15 is 0 Å². The molecule has 5 nitrogen and oxygen atoms in total. The van der Waals surface area contributed by atoms with Crippen LogP contribution in [0.1, 0.15) is 73.4 Å². The summed E-state index contributed by atoms with van der Waals surface area (Å²) in [6.45, 7) is 6.82. The highest BCUT2D eigenvalue weighted by Crippen LogP contribution is 2.36. The maximum Gasteiger partial charge on any atom is 0.140 e. The molecule has 5 heteroatoms. The van der Waals surface area contributed by atoms with E-state index in [0.29, 0.717) is 18.0 Å². The Labute approximate surface area is 208 Å². The normalized spacial score (nSPS) is 22.1. The Balaban J connectivity index is 1.20. The lowest BCUT2D eigenvalue weighted by molar-refractivity contribution is 0.0791. The zero-order valence-corrected chi connectivity index (χ0v) is 21.1. The molecule has 0 bridgehead atoms. The van der Waals surface area contributed by atoms with Crippen molar-refractivity contribution < 1.29 is 5.11 Å². The van der Waals surface area contributed by atoms with E-state index in [2.05, 4.69) is 53.3 Å². The summed E-state index contributed by atoms with van der Waals surface area (Å²) in [5.74, 6) is 1.58. The van der Waals surface area contributed by atoms with Crippen LogP contribution in [0.2, 0.25) is 0 Å². The van der Waals surface area contributed by atoms with E-state index in [9.17, 15) is 5.11 Å². The predicted molar refractivity (Wildman–Crippen MR) is 139 cm³/mol. The smallest absolute Gasteiger partial charge is 0.140 e. The van der Waals surface area contributed by atoms with Crippen molar-refractivity contribution in [2.75, 3.05) is 6.54 Å². The summed E-state index contributed by atoms with van der Waals surface area (Å²) >= 11 is 0. The Morgan fingerprint density at radius 2 is 1.86 bits per heavy atom. The number of nitriles is 1. The van der Waals surface area contributed by atoms with Gasteiger partial charge in [-0.25, -0.2) is 4.98 Å². The van der Waals surface area contributed by atoms with Gasteiger partial charge in [-0.1, -0.05) is 23.8 Å². The van der Waals surface area contributed by atoms with E-state index < -0.39 is 5.60 Å². The van der Waals surface area contributed by atoms with E-state index in [1.165, 1.54) is 16.7 Å². The molecule has 1 atom stereocenters. The fourth-order valence-corrected chi connectivity index (χ4v) is 6.01. The molecule has 2 aliphatic carbocycles. The van der Waals surface area contributed by atoms with Crippen LogP contribution >= 0.6 is 0 Å². The molecule has 2 N–H and O–H groups in total. The second-order valence-corrected chi connectivity index (χ2v) is 11.0. The molecular weight excluding hydrogens is 432 g/mol. The van der Waals surface area contributed by atoms with Crippen LogP contribution in [0, 0.1) is 24.2 Å². The second kappa shape index (κ2) is 9.60. The zero-order valence-electron chi connectivity index (χ0n) is 21.1. The molecule has 2 aromatic carbocycles. The van der Waals surface area contributed by atoms with E-state index in [1.807, 2.05) is 32.2 Å². The highest BCUT2D eigenvalue weighted by molar-refractivity contribution is 5.63. The first-order chi connectivity index (χ1) is 16.8. The first kappa shape index (κ1) is 23.8. The first-order valence-corrected chi connectivity index (χ1v) is 12.9. The topological polar surface area (TPSA) is 73.9 Å². The van der Waals surface area contributed by atoms with Crippen molar-refractivity contribution >= 4 is 0 Å². The fraction of sp³-hybridized carbons (Fsp3) is 0.467. The van der Waals surface area contributed by atoms with Crippen molar-refractivity contribution in [3.8, 4) is 17.5 Å². The zero-order chi connectivity index (χ0) is 24.6. The molecule has 35 heavy (non-hydrogen) atoms. The summed E-state index contributed by atoms with van der Waals surface area (Å²) in [6.07, 6.45) is 10.8. The molecule has 1 fully saturated rings. The summed E-state index contributed by atoms with van der Waals surface area (Å²) in [5.41, 5.74) is 5.75. The summed E-state index contributed by atoms with van der Waals surface area (Å²) in [7, 11) is 0. The van der Waals surface area contributed by atoms with Crippen molar-refractivity contribution in [2.24, 2.45) is 5.92 Å². The number of aromatic nitrogens is 2. The molecule has 5 rings (SSSR count). The Kier molecular flexibility index (Phi) is 6.53. The maximum atomic E-state index is 10.8. The monoisotopic (exact) mass is 468 g/mol.